The first kappa shape index (κ1) is 86.1. The monoisotopic (exact) mass is 1300 g/mol. The van der Waals surface area contributed by atoms with Gasteiger partial charge in [-0.15, -0.1) is 0 Å². The van der Waals surface area contributed by atoms with Crippen molar-refractivity contribution in [1.29, 1.82) is 0 Å². The molecule has 0 spiro atoms. The summed E-state index contributed by atoms with van der Waals surface area (Å²) < 4.78 is 68.2. The third-order valence-corrected chi connectivity index (χ3v) is 18.4. The standard InChI is InChI=1S/C69H134O17P2/c1-9-61(7)47-39-31-23-17-14-15-18-24-33-41-49-66(71)79-56-65(86-69(74)52-44-36-28-27-32-40-48-62(8)10-2)58-84-88(77,78)82-54-63(70)53-81-87(75,76)83-57-64(55-80-67(72)50-42-34-26-20-22-30-38-46-60(5)6)85-68(73)51-43-35-25-19-13-11-12-16-21-29-37-45-59(3)4/h59-65,70H,9-58H2,1-8H3,(H,75,76)(H,77,78)/t61?,62?,63?,64-,65-/m1/s1. The maximum atomic E-state index is 13.0. The molecule has 0 saturated heterocycles. The minimum absolute atomic E-state index is 0.102. The van der Waals surface area contributed by atoms with Gasteiger partial charge < -0.3 is 33.8 Å². The SMILES string of the molecule is CCC(C)CCCCCCCCCCCCC(=O)OC[C@H](COP(=O)(O)OCC(O)COP(=O)(O)OC[C@@H](COC(=O)CCCCCCCCCC(C)C)OC(=O)CCCCCCCCCCCCCC(C)C)OC(=O)CCCCCCCCC(C)CC. The summed E-state index contributed by atoms with van der Waals surface area (Å²) in [6.07, 6.45) is 40.3. The van der Waals surface area contributed by atoms with Crippen molar-refractivity contribution in [2.45, 2.75) is 356 Å². The molecule has 5 unspecified atom stereocenters. The third kappa shape index (κ3) is 60.3. The number of carbonyl (C=O) groups excluding carboxylic acids is 4. The molecule has 0 bridgehead atoms. The molecule has 17 nitrogen and oxygen atoms in total. The lowest BCUT2D eigenvalue weighted by molar-refractivity contribution is -0.161. The number of unbranched alkanes of at least 4 members (excludes halogenated alkanes) is 30. The van der Waals surface area contributed by atoms with Crippen LogP contribution in [0, 0.1) is 23.7 Å². The number of esters is 4. The van der Waals surface area contributed by atoms with Crippen LogP contribution in [-0.2, 0) is 65.4 Å². The van der Waals surface area contributed by atoms with Crippen molar-refractivity contribution < 1.29 is 80.2 Å². The van der Waals surface area contributed by atoms with E-state index in [2.05, 4.69) is 55.4 Å². The highest BCUT2D eigenvalue weighted by Crippen LogP contribution is 2.45. The van der Waals surface area contributed by atoms with Gasteiger partial charge in [0.1, 0.15) is 19.3 Å². The second-order valence-electron chi connectivity index (χ2n) is 26.4. The van der Waals surface area contributed by atoms with Crippen molar-refractivity contribution in [1.82, 2.24) is 0 Å². The fraction of sp³-hybridized carbons (Fsp3) is 0.942. The van der Waals surface area contributed by atoms with Gasteiger partial charge in [0, 0.05) is 25.7 Å². The lowest BCUT2D eigenvalue weighted by Gasteiger charge is -2.21. The van der Waals surface area contributed by atoms with E-state index >= 15 is 0 Å². The Morgan fingerprint density at radius 1 is 0.318 bits per heavy atom. The lowest BCUT2D eigenvalue weighted by Crippen LogP contribution is -2.30. The number of aliphatic hydroxyl groups excluding tert-OH is 1. The van der Waals surface area contributed by atoms with Gasteiger partial charge in [-0.25, -0.2) is 9.13 Å². The summed E-state index contributed by atoms with van der Waals surface area (Å²) in [5.74, 6) is 0.866. The van der Waals surface area contributed by atoms with Crippen molar-refractivity contribution in [3.8, 4) is 0 Å². The molecule has 7 atom stereocenters. The van der Waals surface area contributed by atoms with Gasteiger partial charge in [0.2, 0.25) is 0 Å². The maximum Gasteiger partial charge on any atom is 0.472 e. The fourth-order valence-electron chi connectivity index (χ4n) is 10.2. The second kappa shape index (κ2) is 58.8. The summed E-state index contributed by atoms with van der Waals surface area (Å²) in [5, 5.41) is 10.6. The van der Waals surface area contributed by atoms with E-state index in [9.17, 15) is 43.2 Å². The van der Waals surface area contributed by atoms with Crippen LogP contribution in [0.25, 0.3) is 0 Å². The normalized spacial score (nSPS) is 14.9. The van der Waals surface area contributed by atoms with Crippen LogP contribution in [0.1, 0.15) is 338 Å². The van der Waals surface area contributed by atoms with Crippen LogP contribution in [-0.4, -0.2) is 96.7 Å². The molecule has 0 radical (unpaired) electrons. The van der Waals surface area contributed by atoms with Crippen molar-refractivity contribution in [2.24, 2.45) is 23.7 Å². The van der Waals surface area contributed by atoms with Crippen molar-refractivity contribution in [2.75, 3.05) is 39.6 Å². The van der Waals surface area contributed by atoms with E-state index < -0.39 is 97.5 Å². The molecule has 0 aromatic heterocycles. The number of carbonyl (C=O) groups is 4. The molecule has 0 rings (SSSR count). The average Bonchev–Trinajstić information content (AvgIpc) is 3.48. The largest absolute Gasteiger partial charge is 0.472 e. The van der Waals surface area contributed by atoms with Crippen LogP contribution in [0.3, 0.4) is 0 Å². The number of aliphatic hydroxyl groups is 1. The summed E-state index contributed by atoms with van der Waals surface area (Å²) in [4.78, 5) is 72.5. The van der Waals surface area contributed by atoms with Crippen LogP contribution in [0.4, 0.5) is 0 Å². The third-order valence-electron chi connectivity index (χ3n) is 16.5. The van der Waals surface area contributed by atoms with E-state index in [4.69, 9.17) is 37.0 Å². The molecule has 19 heteroatoms. The molecule has 0 aromatic rings. The highest BCUT2D eigenvalue weighted by Gasteiger charge is 2.30. The molecule has 0 aliphatic carbocycles. The first-order chi connectivity index (χ1) is 42.2. The van der Waals surface area contributed by atoms with E-state index in [1.54, 1.807) is 0 Å². The zero-order chi connectivity index (χ0) is 65.4. The molecular weight excluding hydrogens is 1160 g/mol. The first-order valence-electron chi connectivity index (χ1n) is 35.8. The average molecular weight is 1300 g/mol. The molecular formula is C69H134O17P2. The lowest BCUT2D eigenvalue weighted by atomic mass is 9.99. The Bertz CT molecular complexity index is 1750. The van der Waals surface area contributed by atoms with E-state index in [1.165, 1.54) is 135 Å². The molecule has 3 N–H and O–H groups in total. The number of phosphoric acid groups is 2. The molecule has 0 aromatic carbocycles. The Morgan fingerprint density at radius 2 is 0.545 bits per heavy atom. The predicted molar refractivity (Wildman–Crippen MR) is 354 cm³/mol. The quantitative estimate of drug-likeness (QED) is 0.0222. The summed E-state index contributed by atoms with van der Waals surface area (Å²) in [6.45, 7) is 14.1. The van der Waals surface area contributed by atoms with Gasteiger partial charge in [-0.1, -0.05) is 287 Å². The van der Waals surface area contributed by atoms with Crippen molar-refractivity contribution >= 4 is 39.5 Å². The Labute approximate surface area is 537 Å². The summed E-state index contributed by atoms with van der Waals surface area (Å²) >= 11 is 0. The fourth-order valence-corrected chi connectivity index (χ4v) is 11.8. The summed E-state index contributed by atoms with van der Waals surface area (Å²) in [7, 11) is -9.90. The highest BCUT2D eigenvalue weighted by atomic mass is 31.2. The zero-order valence-electron chi connectivity index (χ0n) is 57.3. The van der Waals surface area contributed by atoms with Crippen molar-refractivity contribution in [3.63, 3.8) is 0 Å². The molecule has 88 heavy (non-hydrogen) atoms. The van der Waals surface area contributed by atoms with Crippen LogP contribution >= 0.6 is 15.6 Å². The Hall–Kier alpha value is -1.94. The molecule has 0 amide bonds. The minimum Gasteiger partial charge on any atom is -0.462 e. The smallest absolute Gasteiger partial charge is 0.462 e. The van der Waals surface area contributed by atoms with Crippen LogP contribution in [0.15, 0.2) is 0 Å². The maximum absolute atomic E-state index is 13.0. The molecule has 0 heterocycles. The second-order valence-corrected chi connectivity index (χ2v) is 29.3. The Morgan fingerprint density at radius 3 is 0.807 bits per heavy atom. The van der Waals surface area contributed by atoms with Gasteiger partial charge in [0.15, 0.2) is 12.2 Å². The first-order valence-corrected chi connectivity index (χ1v) is 38.8. The Kier molecular flexibility index (Phi) is 57.6. The van der Waals surface area contributed by atoms with Gasteiger partial charge in [0.25, 0.3) is 0 Å². The zero-order valence-corrected chi connectivity index (χ0v) is 59.1. The van der Waals surface area contributed by atoms with E-state index in [1.807, 2.05) is 0 Å². The molecule has 0 saturated carbocycles. The van der Waals surface area contributed by atoms with Gasteiger partial charge in [-0.3, -0.25) is 37.3 Å². The van der Waals surface area contributed by atoms with E-state index in [-0.39, 0.29) is 25.7 Å². The number of hydrogen-bond donors (Lipinski definition) is 3. The number of hydrogen-bond acceptors (Lipinski definition) is 15. The number of rotatable bonds is 66. The topological polar surface area (TPSA) is 237 Å². The summed E-state index contributed by atoms with van der Waals surface area (Å²) in [5.41, 5.74) is 0. The van der Waals surface area contributed by atoms with Gasteiger partial charge in [-0.05, 0) is 49.4 Å². The molecule has 0 fully saturated rings. The van der Waals surface area contributed by atoms with Gasteiger partial charge >= 0.3 is 39.5 Å². The summed E-state index contributed by atoms with van der Waals surface area (Å²) in [6, 6.07) is 0. The van der Waals surface area contributed by atoms with Crippen LogP contribution < -0.4 is 0 Å². The number of phosphoric ester groups is 2. The highest BCUT2D eigenvalue weighted by molar-refractivity contribution is 7.47. The minimum atomic E-state index is -4.95. The van der Waals surface area contributed by atoms with Gasteiger partial charge in [0.05, 0.1) is 26.4 Å². The van der Waals surface area contributed by atoms with Crippen molar-refractivity contribution in [3.05, 3.63) is 0 Å². The van der Waals surface area contributed by atoms with Crippen LogP contribution in [0.2, 0.25) is 0 Å². The molecule has 522 valence electrons. The van der Waals surface area contributed by atoms with Gasteiger partial charge in [-0.2, -0.15) is 0 Å². The molecule has 0 aliphatic heterocycles. The van der Waals surface area contributed by atoms with E-state index in [0.29, 0.717) is 31.6 Å². The predicted octanol–water partition coefficient (Wildman–Crippen LogP) is 19.3. The molecule has 0 aliphatic rings. The Balaban J connectivity index is 5.25. The van der Waals surface area contributed by atoms with Crippen LogP contribution in [0.5, 0.6) is 0 Å². The van der Waals surface area contributed by atoms with E-state index in [0.717, 1.165) is 114 Å². The number of ether oxygens (including phenoxy) is 4.